The first-order valence-corrected chi connectivity index (χ1v) is 14.1. The summed E-state index contributed by atoms with van der Waals surface area (Å²) in [6.07, 6.45) is 5.75. The number of ether oxygens (including phenoxy) is 1. The highest BCUT2D eigenvalue weighted by Crippen LogP contribution is 2.54. The van der Waals surface area contributed by atoms with E-state index in [0.29, 0.717) is 30.5 Å². The minimum Gasteiger partial charge on any atom is -0.444 e. The number of allylic oxidation sites excluding steroid dienone is 1. The van der Waals surface area contributed by atoms with E-state index in [4.69, 9.17) is 4.74 Å². The number of fused-ring (bicyclic) bond motifs is 3. The van der Waals surface area contributed by atoms with Crippen LogP contribution in [0.5, 0.6) is 5.75 Å². The molecule has 0 spiro atoms. The van der Waals surface area contributed by atoms with Crippen LogP contribution >= 0.6 is 0 Å². The lowest BCUT2D eigenvalue weighted by molar-refractivity contribution is -0.0500. The number of rotatable bonds is 3. The average Bonchev–Trinajstić information content (AvgIpc) is 3.49. The maximum Gasteiger partial charge on any atom is 0.534 e. The standard InChI is InChI=1S/C27H29F3N2O5S/c1-26(2,3)36-25(33)32-12-4-5-22(32)21-13-16(15-31-21)6-7-17-9-11-23(37-38(34,35)27(28,29)30)20-14-18-8-10-19(18)24(17)20/h9,11,15,18-19,22H,4-5,8,10,12-14H2,1-3H3/t18?,19?,22-/m0/s1. The number of benzene rings is 1. The fourth-order valence-corrected chi connectivity index (χ4v) is 6.10. The van der Waals surface area contributed by atoms with Crippen LogP contribution < -0.4 is 4.18 Å². The van der Waals surface area contributed by atoms with Crippen LogP contribution in [0.25, 0.3) is 0 Å². The lowest BCUT2D eigenvalue weighted by atomic mass is 9.73. The van der Waals surface area contributed by atoms with Crippen molar-refractivity contribution in [2.24, 2.45) is 10.9 Å². The maximum absolute atomic E-state index is 12.9. The van der Waals surface area contributed by atoms with Gasteiger partial charge in [0.15, 0.2) is 0 Å². The third kappa shape index (κ3) is 5.03. The van der Waals surface area contributed by atoms with Crippen LogP contribution in [0.3, 0.4) is 0 Å². The van der Waals surface area contributed by atoms with Crippen molar-refractivity contribution in [3.05, 3.63) is 40.6 Å². The molecule has 204 valence electrons. The van der Waals surface area contributed by atoms with Crippen LogP contribution in [0.4, 0.5) is 18.0 Å². The lowest BCUT2D eigenvalue weighted by Crippen LogP contribution is -2.43. The molecule has 1 aromatic rings. The number of hydrogen-bond acceptors (Lipinski definition) is 6. The Balaban J connectivity index is 1.33. The van der Waals surface area contributed by atoms with Crippen molar-refractivity contribution in [2.75, 3.05) is 6.54 Å². The molecule has 2 aliphatic carbocycles. The van der Waals surface area contributed by atoms with Crippen molar-refractivity contribution in [2.45, 2.75) is 82.4 Å². The monoisotopic (exact) mass is 550 g/mol. The molecule has 0 aromatic heterocycles. The summed E-state index contributed by atoms with van der Waals surface area (Å²) in [7, 11) is -5.76. The smallest absolute Gasteiger partial charge is 0.444 e. The summed E-state index contributed by atoms with van der Waals surface area (Å²) < 4.78 is 72.1. The number of carbonyl (C=O) groups excluding carboxylic acids is 1. The van der Waals surface area contributed by atoms with Crippen LogP contribution in [-0.4, -0.2) is 48.8 Å². The van der Waals surface area contributed by atoms with Crippen molar-refractivity contribution < 1.29 is 35.3 Å². The first kappa shape index (κ1) is 26.6. The number of carbonyl (C=O) groups is 1. The Hall–Kier alpha value is -3.00. The Morgan fingerprint density at radius 2 is 1.89 bits per heavy atom. The molecule has 11 heteroatoms. The Morgan fingerprint density at radius 3 is 2.55 bits per heavy atom. The average molecular weight is 551 g/mol. The minimum absolute atomic E-state index is 0.136. The van der Waals surface area contributed by atoms with Gasteiger partial charge in [-0.1, -0.05) is 11.8 Å². The Kier molecular flexibility index (Phi) is 6.53. The highest BCUT2D eigenvalue weighted by molar-refractivity contribution is 7.88. The fourth-order valence-electron chi connectivity index (χ4n) is 5.61. The molecule has 1 saturated heterocycles. The lowest BCUT2D eigenvalue weighted by Gasteiger charge is -2.31. The van der Waals surface area contributed by atoms with E-state index in [1.165, 1.54) is 12.1 Å². The largest absolute Gasteiger partial charge is 0.534 e. The summed E-state index contributed by atoms with van der Waals surface area (Å²) >= 11 is 0. The van der Waals surface area contributed by atoms with E-state index in [2.05, 4.69) is 21.0 Å². The Labute approximate surface area is 220 Å². The van der Waals surface area contributed by atoms with Crippen molar-refractivity contribution in [3.8, 4) is 17.6 Å². The van der Waals surface area contributed by atoms with E-state index in [1.807, 2.05) is 20.8 Å². The summed E-state index contributed by atoms with van der Waals surface area (Å²) in [6.45, 7) is 6.09. The normalized spacial score (nSPS) is 24.5. The van der Waals surface area contributed by atoms with Crippen molar-refractivity contribution >= 4 is 21.9 Å². The molecule has 4 aliphatic rings. The third-order valence-corrected chi connectivity index (χ3v) is 8.40. The minimum atomic E-state index is -5.76. The van der Waals surface area contributed by atoms with Gasteiger partial charge in [0.1, 0.15) is 11.4 Å². The molecule has 2 heterocycles. The Morgan fingerprint density at radius 1 is 1.13 bits per heavy atom. The van der Waals surface area contributed by atoms with Crippen LogP contribution in [0.15, 0.2) is 28.9 Å². The highest BCUT2D eigenvalue weighted by atomic mass is 32.2. The number of nitrogens with zero attached hydrogens (tertiary/aromatic N) is 2. The van der Waals surface area contributed by atoms with Gasteiger partial charge in [-0.3, -0.25) is 9.89 Å². The number of aliphatic imine (C=N–C) groups is 1. The third-order valence-electron chi connectivity index (χ3n) is 7.43. The van der Waals surface area contributed by atoms with E-state index >= 15 is 0 Å². The second-order valence-electron chi connectivity index (χ2n) is 11.2. The van der Waals surface area contributed by atoms with E-state index in [0.717, 1.165) is 42.5 Å². The first-order chi connectivity index (χ1) is 17.7. The van der Waals surface area contributed by atoms with Crippen LogP contribution in [0.1, 0.15) is 75.5 Å². The molecule has 3 atom stereocenters. The predicted octanol–water partition coefficient (Wildman–Crippen LogP) is 5.44. The second kappa shape index (κ2) is 9.33. The highest BCUT2D eigenvalue weighted by Gasteiger charge is 2.50. The van der Waals surface area contributed by atoms with Gasteiger partial charge in [-0.05, 0) is 82.4 Å². The number of halogens is 3. The van der Waals surface area contributed by atoms with Crippen molar-refractivity contribution in [3.63, 3.8) is 0 Å². The summed E-state index contributed by atoms with van der Waals surface area (Å²) in [4.78, 5) is 18.9. The zero-order chi connectivity index (χ0) is 27.5. The molecule has 1 saturated carbocycles. The zero-order valence-corrected chi connectivity index (χ0v) is 22.2. The number of alkyl halides is 3. The first-order valence-electron chi connectivity index (χ1n) is 12.7. The van der Waals surface area contributed by atoms with E-state index < -0.39 is 21.2 Å². The molecule has 1 amide bonds. The molecular formula is C27H29F3N2O5S. The molecule has 0 bridgehead atoms. The van der Waals surface area contributed by atoms with Gasteiger partial charge in [0.2, 0.25) is 0 Å². The van der Waals surface area contributed by atoms with Gasteiger partial charge in [0.25, 0.3) is 0 Å². The van der Waals surface area contributed by atoms with Gasteiger partial charge >= 0.3 is 21.7 Å². The fraction of sp³-hybridized carbons (Fsp3) is 0.556. The van der Waals surface area contributed by atoms with E-state index in [9.17, 15) is 26.4 Å². The van der Waals surface area contributed by atoms with Gasteiger partial charge in [0, 0.05) is 41.6 Å². The van der Waals surface area contributed by atoms with Gasteiger partial charge in [0.05, 0.1) is 6.04 Å². The van der Waals surface area contributed by atoms with Gasteiger partial charge < -0.3 is 8.92 Å². The van der Waals surface area contributed by atoms with Crippen LogP contribution in [0, 0.1) is 17.8 Å². The molecule has 2 aliphatic heterocycles. The zero-order valence-electron chi connectivity index (χ0n) is 21.4. The van der Waals surface area contributed by atoms with E-state index in [-0.39, 0.29) is 29.7 Å². The number of likely N-dealkylation sites (tertiary alicyclic amines) is 1. The SMILES string of the molecule is CC(C)(C)OC(=O)N1CCC[C@H]1C1=NC=C(C#Cc2ccc(OS(=O)(=O)C(F)(F)F)c3c2C2CCC2C3)C1. The summed E-state index contributed by atoms with van der Waals surface area (Å²) in [5.74, 6) is 6.40. The molecule has 38 heavy (non-hydrogen) atoms. The number of hydrogen-bond donors (Lipinski definition) is 0. The quantitative estimate of drug-likeness (QED) is 0.284. The molecule has 2 fully saturated rings. The maximum atomic E-state index is 12.9. The molecule has 2 unspecified atom stereocenters. The summed E-state index contributed by atoms with van der Waals surface area (Å²) in [5, 5.41) is 0. The summed E-state index contributed by atoms with van der Waals surface area (Å²) in [5.41, 5.74) is -2.52. The van der Waals surface area contributed by atoms with Crippen molar-refractivity contribution in [1.82, 2.24) is 4.90 Å². The Bertz CT molecular complexity index is 1400. The molecule has 5 rings (SSSR count). The topological polar surface area (TPSA) is 85.3 Å². The van der Waals surface area contributed by atoms with Crippen molar-refractivity contribution in [1.29, 1.82) is 0 Å². The second-order valence-corrected chi connectivity index (χ2v) is 12.7. The van der Waals surface area contributed by atoms with Crippen LogP contribution in [0.2, 0.25) is 0 Å². The molecule has 0 N–H and O–H groups in total. The van der Waals surface area contributed by atoms with Gasteiger partial charge in [-0.25, -0.2) is 4.79 Å². The predicted molar refractivity (Wildman–Crippen MR) is 134 cm³/mol. The summed E-state index contributed by atoms with van der Waals surface area (Å²) in [6, 6.07) is 2.65. The molecular weight excluding hydrogens is 521 g/mol. The number of amides is 1. The van der Waals surface area contributed by atoms with Crippen LogP contribution in [-0.2, 0) is 21.3 Å². The molecule has 1 aromatic carbocycles. The van der Waals surface area contributed by atoms with Gasteiger partial charge in [-0.15, -0.1) is 0 Å². The van der Waals surface area contributed by atoms with E-state index in [1.54, 1.807) is 11.1 Å². The molecule has 0 radical (unpaired) electrons. The van der Waals surface area contributed by atoms with Gasteiger partial charge in [-0.2, -0.15) is 21.6 Å². The molecule has 7 nitrogen and oxygen atoms in total.